The van der Waals surface area contributed by atoms with Crippen LogP contribution in [0.25, 0.3) is 0 Å². The lowest BCUT2D eigenvalue weighted by Crippen LogP contribution is -2.43. The van der Waals surface area contributed by atoms with Crippen LogP contribution in [0.1, 0.15) is 6.92 Å². The van der Waals surface area contributed by atoms with Gasteiger partial charge in [0, 0.05) is 26.2 Å². The number of aliphatic hydroxyl groups excluding tert-OH is 1. The second kappa shape index (κ2) is 6.32. The molecule has 0 radical (unpaired) electrons. The largest absolute Gasteiger partial charge is 0.390 e. The van der Waals surface area contributed by atoms with Gasteiger partial charge in [-0.2, -0.15) is 0 Å². The summed E-state index contributed by atoms with van der Waals surface area (Å²) in [5.74, 6) is 0. The molecule has 78 valence electrons. The first-order valence-corrected chi connectivity index (χ1v) is 5.01. The minimum atomic E-state index is -0.252. The van der Waals surface area contributed by atoms with Gasteiger partial charge in [0.15, 0.2) is 0 Å². The highest BCUT2D eigenvalue weighted by molar-refractivity contribution is 4.68. The first kappa shape index (κ1) is 10.9. The molecule has 4 nitrogen and oxygen atoms in total. The molecule has 0 amide bonds. The number of likely N-dealkylation sites (N-methyl/N-ethyl adjacent to an activating group) is 1. The van der Waals surface area contributed by atoms with Crippen molar-refractivity contribution >= 4 is 0 Å². The third kappa shape index (κ3) is 4.57. The summed E-state index contributed by atoms with van der Waals surface area (Å²) < 4.78 is 5.22. The van der Waals surface area contributed by atoms with Crippen molar-refractivity contribution in [2.24, 2.45) is 0 Å². The highest BCUT2D eigenvalue weighted by Crippen LogP contribution is 1.97. The number of morpholine rings is 1. The van der Waals surface area contributed by atoms with E-state index in [0.29, 0.717) is 6.54 Å². The lowest BCUT2D eigenvalue weighted by molar-refractivity contribution is 0.0150. The Morgan fingerprint density at radius 2 is 2.15 bits per heavy atom. The smallest absolute Gasteiger partial charge is 0.0791 e. The Balaban J connectivity index is 2.07. The number of rotatable bonds is 5. The van der Waals surface area contributed by atoms with Gasteiger partial charge in [0.2, 0.25) is 0 Å². The molecule has 1 heterocycles. The lowest BCUT2D eigenvalue weighted by Gasteiger charge is -2.28. The summed E-state index contributed by atoms with van der Waals surface area (Å²) in [4.78, 5) is 2.24. The van der Waals surface area contributed by atoms with E-state index >= 15 is 0 Å². The molecule has 0 aromatic rings. The van der Waals surface area contributed by atoms with Crippen LogP contribution in [0.15, 0.2) is 0 Å². The van der Waals surface area contributed by atoms with E-state index in [1.807, 2.05) is 6.92 Å². The fraction of sp³-hybridized carbons (Fsp3) is 1.00. The van der Waals surface area contributed by atoms with Crippen LogP contribution in [0.4, 0.5) is 0 Å². The van der Waals surface area contributed by atoms with Crippen LogP contribution in [-0.4, -0.2) is 62.0 Å². The van der Waals surface area contributed by atoms with Crippen molar-refractivity contribution in [3.8, 4) is 0 Å². The van der Waals surface area contributed by atoms with Gasteiger partial charge < -0.3 is 15.2 Å². The molecule has 13 heavy (non-hydrogen) atoms. The van der Waals surface area contributed by atoms with Gasteiger partial charge in [-0.3, -0.25) is 4.90 Å². The molecule has 1 unspecified atom stereocenters. The highest BCUT2D eigenvalue weighted by Gasteiger charge is 2.13. The predicted molar refractivity (Wildman–Crippen MR) is 51.8 cm³/mol. The lowest BCUT2D eigenvalue weighted by atomic mass is 10.3. The molecule has 1 aliphatic rings. The van der Waals surface area contributed by atoms with Gasteiger partial charge in [-0.05, 0) is 6.54 Å². The van der Waals surface area contributed by atoms with Gasteiger partial charge in [0.1, 0.15) is 0 Å². The average Bonchev–Trinajstić information content (AvgIpc) is 2.16. The van der Waals surface area contributed by atoms with Gasteiger partial charge in [-0.25, -0.2) is 0 Å². The molecule has 1 rings (SSSR count). The van der Waals surface area contributed by atoms with E-state index in [-0.39, 0.29) is 6.10 Å². The standard InChI is InChI=1S/C9H20N2O2/c1-2-10-7-9(12)8-11-3-5-13-6-4-11/h9-10,12H,2-8H2,1H3. The summed E-state index contributed by atoms with van der Waals surface area (Å²) in [6.07, 6.45) is -0.252. The van der Waals surface area contributed by atoms with Crippen LogP contribution in [-0.2, 0) is 4.74 Å². The monoisotopic (exact) mass is 188 g/mol. The van der Waals surface area contributed by atoms with Crippen molar-refractivity contribution in [1.82, 2.24) is 10.2 Å². The van der Waals surface area contributed by atoms with Gasteiger partial charge in [-0.15, -0.1) is 0 Å². The summed E-state index contributed by atoms with van der Waals surface area (Å²) in [5.41, 5.74) is 0. The van der Waals surface area contributed by atoms with Gasteiger partial charge in [0.25, 0.3) is 0 Å². The SMILES string of the molecule is CCNCC(O)CN1CCOCC1. The van der Waals surface area contributed by atoms with E-state index < -0.39 is 0 Å². The normalized spacial score (nSPS) is 21.7. The predicted octanol–water partition coefficient (Wildman–Crippen LogP) is -0.711. The molecular weight excluding hydrogens is 168 g/mol. The van der Waals surface area contributed by atoms with E-state index in [2.05, 4.69) is 10.2 Å². The Morgan fingerprint density at radius 3 is 2.77 bits per heavy atom. The zero-order valence-corrected chi connectivity index (χ0v) is 8.33. The Hall–Kier alpha value is -0.160. The third-order valence-corrected chi connectivity index (χ3v) is 2.20. The molecule has 0 spiro atoms. The van der Waals surface area contributed by atoms with Crippen molar-refractivity contribution in [3.05, 3.63) is 0 Å². The summed E-state index contributed by atoms with van der Waals surface area (Å²) in [7, 11) is 0. The molecule has 1 aliphatic heterocycles. The fourth-order valence-corrected chi connectivity index (χ4v) is 1.46. The van der Waals surface area contributed by atoms with Crippen LogP contribution in [0.5, 0.6) is 0 Å². The Morgan fingerprint density at radius 1 is 1.46 bits per heavy atom. The molecule has 0 bridgehead atoms. The van der Waals surface area contributed by atoms with E-state index in [9.17, 15) is 5.11 Å². The molecule has 2 N–H and O–H groups in total. The number of hydrogen-bond acceptors (Lipinski definition) is 4. The van der Waals surface area contributed by atoms with Crippen LogP contribution in [0.3, 0.4) is 0 Å². The maximum absolute atomic E-state index is 9.59. The number of β-amino-alcohol motifs (C(OH)–C–C–N with tert-alkyl or cyclic N) is 1. The molecule has 4 heteroatoms. The van der Waals surface area contributed by atoms with Crippen LogP contribution in [0, 0.1) is 0 Å². The number of ether oxygens (including phenoxy) is 1. The van der Waals surface area contributed by atoms with Gasteiger partial charge >= 0.3 is 0 Å². The van der Waals surface area contributed by atoms with Crippen LogP contribution < -0.4 is 5.32 Å². The zero-order valence-electron chi connectivity index (χ0n) is 8.33. The fourth-order valence-electron chi connectivity index (χ4n) is 1.46. The second-order valence-corrected chi connectivity index (χ2v) is 3.37. The van der Waals surface area contributed by atoms with Crippen molar-refractivity contribution in [3.63, 3.8) is 0 Å². The first-order chi connectivity index (χ1) is 6.33. The van der Waals surface area contributed by atoms with E-state index in [1.54, 1.807) is 0 Å². The Kier molecular flexibility index (Phi) is 5.31. The first-order valence-electron chi connectivity index (χ1n) is 5.01. The highest BCUT2D eigenvalue weighted by atomic mass is 16.5. The van der Waals surface area contributed by atoms with E-state index in [0.717, 1.165) is 39.4 Å². The van der Waals surface area contributed by atoms with Crippen molar-refractivity contribution in [2.45, 2.75) is 13.0 Å². The summed E-state index contributed by atoms with van der Waals surface area (Å²) in [6.45, 7) is 7.90. The number of aliphatic hydroxyl groups is 1. The van der Waals surface area contributed by atoms with Crippen LogP contribution in [0.2, 0.25) is 0 Å². The molecule has 1 atom stereocenters. The molecule has 0 aromatic heterocycles. The molecule has 0 saturated carbocycles. The molecule has 1 saturated heterocycles. The van der Waals surface area contributed by atoms with Crippen LogP contribution >= 0.6 is 0 Å². The molecule has 0 aliphatic carbocycles. The quantitative estimate of drug-likeness (QED) is 0.598. The second-order valence-electron chi connectivity index (χ2n) is 3.37. The molecule has 1 fully saturated rings. The summed E-state index contributed by atoms with van der Waals surface area (Å²) >= 11 is 0. The molecule has 0 aromatic carbocycles. The number of hydrogen-bond donors (Lipinski definition) is 2. The number of nitrogens with zero attached hydrogens (tertiary/aromatic N) is 1. The third-order valence-electron chi connectivity index (χ3n) is 2.20. The van der Waals surface area contributed by atoms with Crippen molar-refractivity contribution < 1.29 is 9.84 Å². The van der Waals surface area contributed by atoms with E-state index in [1.165, 1.54) is 0 Å². The van der Waals surface area contributed by atoms with Crippen molar-refractivity contribution in [1.29, 1.82) is 0 Å². The Bertz CT molecular complexity index is 127. The maximum Gasteiger partial charge on any atom is 0.0791 e. The molecular formula is C9H20N2O2. The van der Waals surface area contributed by atoms with Crippen molar-refractivity contribution in [2.75, 3.05) is 45.9 Å². The summed E-state index contributed by atoms with van der Waals surface area (Å²) in [6, 6.07) is 0. The minimum Gasteiger partial charge on any atom is -0.390 e. The topological polar surface area (TPSA) is 44.7 Å². The average molecular weight is 188 g/mol. The zero-order chi connectivity index (χ0) is 9.52. The Labute approximate surface area is 79.9 Å². The number of nitrogens with one attached hydrogen (secondary N) is 1. The maximum atomic E-state index is 9.59. The summed E-state index contributed by atoms with van der Waals surface area (Å²) in [5, 5.41) is 12.7. The van der Waals surface area contributed by atoms with Gasteiger partial charge in [-0.1, -0.05) is 6.92 Å². The minimum absolute atomic E-state index is 0.252. The van der Waals surface area contributed by atoms with Gasteiger partial charge in [0.05, 0.1) is 19.3 Å². The van der Waals surface area contributed by atoms with E-state index in [4.69, 9.17) is 4.74 Å².